The summed E-state index contributed by atoms with van der Waals surface area (Å²) < 4.78 is 115. The molecule has 4 saturated heterocycles. The minimum Gasteiger partial charge on any atom is -0.746 e. The molecule has 49 heteroatoms. The molecule has 0 radical (unpaired) electrons. The van der Waals surface area contributed by atoms with Gasteiger partial charge >= 0.3 is 39.0 Å². The third-order valence-electron chi connectivity index (χ3n) is 22.6. The van der Waals surface area contributed by atoms with Crippen LogP contribution >= 0.6 is 38.8 Å². The summed E-state index contributed by atoms with van der Waals surface area (Å²) in [5.74, 6) is -2.42. The molecule has 4 aliphatic rings. The van der Waals surface area contributed by atoms with Crippen molar-refractivity contribution in [1.29, 1.82) is 0 Å². The number of amides is 2. The largest absolute Gasteiger partial charge is 0.746 e. The Hall–Kier alpha value is -12.8. The molecule has 15 rings (SSSR count). The predicted octanol–water partition coefficient (Wildman–Crippen LogP) is 10.6. The summed E-state index contributed by atoms with van der Waals surface area (Å²) in [6.07, 6.45) is -7.45. The second-order valence-corrected chi connectivity index (χ2v) is 37.0. The van der Waals surface area contributed by atoms with Crippen molar-refractivity contribution >= 4 is 108 Å². The number of rotatable bonds is 37. The molecule has 14 atom stereocenters. The number of hydrogen-bond acceptors (Lipinski definition) is 35. The molecule has 6 aromatic heterocycles. The van der Waals surface area contributed by atoms with Crippen LogP contribution in [-0.4, -0.2) is 193 Å². The van der Waals surface area contributed by atoms with E-state index in [1.54, 1.807) is 73.1 Å². The molecule has 0 saturated carbocycles. The Morgan fingerprint density at radius 2 is 0.874 bits per heavy atom. The van der Waals surface area contributed by atoms with Gasteiger partial charge in [0.05, 0.1) is 82.3 Å². The Bertz CT molecular complexity index is 6770. The lowest BCUT2D eigenvalue weighted by atomic mass is 9.80. The number of H-pyrrole nitrogens is 4. The number of carbonyl (C=O) groups is 6. The Balaban J connectivity index is 0.000000235. The number of para-hydroxylation sites is 2. The second-order valence-electron chi connectivity index (χ2n) is 33.3. The van der Waals surface area contributed by atoms with E-state index in [1.807, 2.05) is 78.9 Å². The van der Waals surface area contributed by atoms with Crippen LogP contribution in [0.1, 0.15) is 168 Å². The van der Waals surface area contributed by atoms with Crippen molar-refractivity contribution in [3.63, 3.8) is 0 Å². The van der Waals surface area contributed by atoms with Gasteiger partial charge < -0.3 is 80.9 Å². The molecule has 0 aliphatic carbocycles. The summed E-state index contributed by atoms with van der Waals surface area (Å²) in [5, 5.41) is 25.0. The van der Waals surface area contributed by atoms with Gasteiger partial charge in [-0.3, -0.25) is 101 Å². The minimum atomic E-state index is -5.12. The lowest BCUT2D eigenvalue weighted by molar-refractivity contribution is -0.223. The van der Waals surface area contributed by atoms with E-state index in [0.29, 0.717) is 17.1 Å². The molecular weight excluding hydrogens is 1950 g/mol. The smallest absolute Gasteiger partial charge is 0.530 e. The van der Waals surface area contributed by atoms with Crippen molar-refractivity contribution < 1.29 is 118 Å². The topological polar surface area (TPSA) is 590 Å². The van der Waals surface area contributed by atoms with E-state index >= 15 is 0 Å². The Morgan fingerprint density at radius 1 is 0.497 bits per heavy atom. The fourth-order valence-electron chi connectivity index (χ4n) is 15.3. The number of phosphoric acid groups is 2. The highest BCUT2D eigenvalue weighted by Gasteiger charge is 2.49. The molecule has 2 amide bonds. The summed E-state index contributed by atoms with van der Waals surface area (Å²) in [7, 11) is -6.78. The van der Waals surface area contributed by atoms with Crippen LogP contribution in [0.3, 0.4) is 0 Å². The highest BCUT2D eigenvalue weighted by molar-refractivity contribution is 7.49. The number of aliphatic hydroxyl groups excluding tert-OH is 2. The highest BCUT2D eigenvalue weighted by Crippen LogP contribution is 2.56. The summed E-state index contributed by atoms with van der Waals surface area (Å²) in [5.41, 5.74) is -2.29. The molecule has 5 aromatic carbocycles. The molecule has 143 heavy (non-hydrogen) atoms. The molecule has 0 bridgehead atoms. The zero-order valence-electron chi connectivity index (χ0n) is 77.0. The number of nitrogens with zero attached hydrogens (tertiary/aromatic N) is 8. The molecular formula is C94H113Cl2N14O31P2-. The van der Waals surface area contributed by atoms with Crippen LogP contribution in [0.15, 0.2) is 181 Å². The van der Waals surface area contributed by atoms with Crippen LogP contribution < -0.4 is 67.7 Å². The number of ether oxygens (including phenoxy) is 9. The fraction of sp³-hybridized carbons (Fsp3) is 0.426. The molecule has 4 fully saturated rings. The van der Waals surface area contributed by atoms with E-state index in [1.165, 1.54) is 83.8 Å². The normalized spacial score (nSPS) is 20.4. The van der Waals surface area contributed by atoms with Crippen LogP contribution in [0.25, 0.3) is 22.3 Å². The molecule has 770 valence electrons. The monoisotopic (exact) mass is 2070 g/mol. The quantitative estimate of drug-likeness (QED) is 0.0102. The third kappa shape index (κ3) is 27.6. The van der Waals surface area contributed by atoms with E-state index in [9.17, 15) is 81.8 Å². The first-order valence-corrected chi connectivity index (χ1v) is 47.6. The van der Waals surface area contributed by atoms with Gasteiger partial charge in [-0.15, -0.1) is 0 Å². The van der Waals surface area contributed by atoms with Crippen molar-refractivity contribution in [2.24, 2.45) is 11.8 Å². The van der Waals surface area contributed by atoms with Crippen LogP contribution in [0, 0.1) is 25.7 Å². The van der Waals surface area contributed by atoms with E-state index in [0.717, 1.165) is 21.3 Å². The second kappa shape index (κ2) is 49.4. The number of benzene rings is 5. The zero-order valence-corrected chi connectivity index (χ0v) is 80.3. The predicted molar refractivity (Wildman–Crippen MR) is 517 cm³/mol. The molecule has 10 heterocycles. The number of nitrogens with one attached hydrogen (secondary N) is 6. The number of aliphatic hydroxyl groups is 2. The van der Waals surface area contributed by atoms with Gasteiger partial charge in [-0.2, -0.15) is 9.97 Å². The lowest BCUT2D eigenvalue weighted by Gasteiger charge is -2.37. The Labute approximate surface area is 827 Å². The Kier molecular flexibility index (Phi) is 38.8. The molecule has 2 unspecified atom stereocenters. The average Bonchev–Trinajstić information content (AvgIpc) is 1.65. The van der Waals surface area contributed by atoms with E-state index < -0.39 is 178 Å². The lowest BCUT2D eigenvalue weighted by Crippen LogP contribution is -2.38. The van der Waals surface area contributed by atoms with Gasteiger partial charge in [0.15, 0.2) is 22.3 Å². The number of aryl methyl sites for hydroxylation is 2. The number of hydrogen-bond donors (Lipinski definition) is 8. The molecule has 4 aliphatic heterocycles. The first kappa shape index (κ1) is 112. The van der Waals surface area contributed by atoms with E-state index in [2.05, 4.69) is 50.5 Å². The summed E-state index contributed by atoms with van der Waals surface area (Å²) in [6, 6.07) is 36.5. The van der Waals surface area contributed by atoms with Crippen LogP contribution in [-0.2, 0) is 90.2 Å². The van der Waals surface area contributed by atoms with E-state index in [4.69, 9.17) is 88.5 Å². The number of ketones is 2. The number of carbonyl (C=O) groups excluding carboxylic acids is 6. The number of aromatic amines is 4. The first-order valence-electron chi connectivity index (χ1n) is 44.0. The van der Waals surface area contributed by atoms with Gasteiger partial charge in [0.25, 0.3) is 22.2 Å². The van der Waals surface area contributed by atoms with Gasteiger partial charge in [0.2, 0.25) is 23.7 Å². The third-order valence-corrected chi connectivity index (χ3v) is 25.6. The van der Waals surface area contributed by atoms with E-state index in [-0.39, 0.29) is 159 Å². The van der Waals surface area contributed by atoms with Gasteiger partial charge in [-0.05, 0) is 92.9 Å². The first-order chi connectivity index (χ1) is 66.7. The van der Waals surface area contributed by atoms with Crippen molar-refractivity contribution in [3.8, 4) is 23.0 Å². The molecule has 45 nitrogen and oxygen atoms in total. The van der Waals surface area contributed by atoms with Crippen molar-refractivity contribution in [3.05, 3.63) is 253 Å². The maximum Gasteiger partial charge on any atom is 0.530 e. The number of halogens is 2. The average molecular weight is 2070 g/mol. The van der Waals surface area contributed by atoms with Gasteiger partial charge in [0.1, 0.15) is 108 Å². The summed E-state index contributed by atoms with van der Waals surface area (Å²) in [6.45, 7) is 10.6. The van der Waals surface area contributed by atoms with Crippen molar-refractivity contribution in [2.75, 3.05) is 51.3 Å². The molecule has 11 aromatic rings. The van der Waals surface area contributed by atoms with Crippen LogP contribution in [0.4, 0.5) is 11.9 Å². The minimum absolute atomic E-state index is 0. The maximum atomic E-state index is 14.7. The number of anilines is 2. The number of aromatic nitrogens is 12. The number of esters is 2. The maximum absolute atomic E-state index is 14.7. The number of fused-ring (bicyclic) bond motifs is 2. The number of phosphoric ester groups is 2. The van der Waals surface area contributed by atoms with Crippen LogP contribution in [0.5, 0.6) is 23.0 Å². The SMILES string of the molecule is C.C.C.CC(=O)CCC(=O)O[C@H]1C[C@H](n2cc(C)c(=O)[nH]c2=O)O[C@@H]1CO.CC(=O)CCC(=O)O[C@H]1C[C@H](n2cc(C)c(=O)[nH]c2=O)O[C@@H]1COP(=O)(Oc1ccccc1Cl)O[C@H]1C[C@H](n2cnc3c(=O)[nH]c(NC(=O)C(C)C)nc32)O[C@@H]1CO.COc1ccc(C(OC[C@H]2O[C@@H](n3cnc4c(=O)[nH]c(NC(=O)C(C)C)nc43)C[C@@H]2OP(=O)([O-])Oc2ccccc2Cl)(c2ccccc2)c2ccc(OC)cc2)cc1. The van der Waals surface area contributed by atoms with Gasteiger partial charge in [-0.1, -0.05) is 152 Å². The van der Waals surface area contributed by atoms with Gasteiger partial charge in [0, 0.05) is 73.9 Å². The van der Waals surface area contributed by atoms with Gasteiger partial charge in [-0.25, -0.2) is 24.1 Å². The molecule has 0 spiro atoms. The fourth-order valence-corrected chi connectivity index (χ4v) is 18.2. The summed E-state index contributed by atoms with van der Waals surface area (Å²) in [4.78, 5) is 186. The zero-order chi connectivity index (χ0) is 101. The summed E-state index contributed by atoms with van der Waals surface area (Å²) >= 11 is 12.6. The molecule has 8 N–H and O–H groups in total. The number of Topliss-reactive ketones (excluding diaryl/α,β-unsaturated/α-hetero) is 2. The standard InChI is InChI=1S/C41H41ClN5O10P.C35H41ClN7O14P.C15H20N2O7.3CH4/c1-25(2)38(48)45-40-44-37-36(39(49)46-40)43-24-47(37)35-22-33(57-58(50,51)56-32-13-9-8-12-31(32)42)34(55-35)23-54-41(26-10-6-5-7-11-26,27-14-18-29(52-3)19-15-27)28-16-20-30(53-4)21-17-28;1-17(2)31(47)39-34-38-30-29(33(49)40-34)37-16-43(30)27-12-23(24(14-44)53-27)57-58(51,56-21-8-6-5-7-20(21)36)52-15-25-22(55-28(46)10-9-19(4)45)11-26(54-25)42-13-18(3)32(48)41-35(42)50;1-8-6-17(15(22)16-14(8)21)12-5-10(11(7-18)23-12)24-13(20)4-3-9(2)19;;;/h5-21,24-25,33-35H,22-23H2,1-4H3,(H,50,51)(H2,44,45,46,48,49);5-8,13,16-17,22-27,44H,9-12,14-15H2,1-4H3,(H,41,48,50)(H2,38,39,40,47,49);6,10-12,18H,3-5,7H2,1-2H3,(H,16,21,22);3*1H4/p-1/t33-,34+,35+;22-,23-,24+,25+,26+,27+,58?;10-,11+,12+;;;/m000.../s1. The van der Waals surface area contributed by atoms with Crippen molar-refractivity contribution in [1.82, 2.24) is 58.1 Å². The number of imidazole rings is 2. The highest BCUT2D eigenvalue weighted by atomic mass is 35.5. The Morgan fingerprint density at radius 3 is 1.29 bits per heavy atom. The van der Waals surface area contributed by atoms with Crippen molar-refractivity contribution in [2.45, 2.75) is 208 Å². The number of methoxy groups -OCH3 is 2. The van der Waals surface area contributed by atoms with Crippen LogP contribution in [0.2, 0.25) is 10.0 Å².